The molecule has 0 unspecified atom stereocenters. The highest BCUT2D eigenvalue weighted by atomic mass is 19.1. The fourth-order valence-corrected chi connectivity index (χ4v) is 10.0. The fourth-order valence-electron chi connectivity index (χ4n) is 10.0. The van der Waals surface area contributed by atoms with Crippen molar-refractivity contribution in [2.24, 2.45) is 11.3 Å². The molecule has 59 heavy (non-hydrogen) atoms. The molecule has 15 nitrogen and oxygen atoms in total. The van der Waals surface area contributed by atoms with Gasteiger partial charge in [0.15, 0.2) is 18.0 Å². The van der Waals surface area contributed by atoms with Crippen LogP contribution >= 0.6 is 0 Å². The third-order valence-corrected chi connectivity index (χ3v) is 13.0. The molecule has 1 aromatic carbocycles. The largest absolute Gasteiger partial charge is 0.456 e. The molecule has 2 bridgehead atoms. The van der Waals surface area contributed by atoms with Crippen molar-refractivity contribution in [1.29, 1.82) is 0 Å². The van der Waals surface area contributed by atoms with Crippen molar-refractivity contribution in [3.63, 3.8) is 0 Å². The molecule has 7 rings (SSSR count). The van der Waals surface area contributed by atoms with Crippen molar-refractivity contribution < 1.29 is 66.9 Å². The van der Waals surface area contributed by atoms with E-state index >= 15 is 4.39 Å². The van der Waals surface area contributed by atoms with E-state index in [1.54, 1.807) is 58.0 Å². The molecule has 0 aromatic heterocycles. The van der Waals surface area contributed by atoms with Gasteiger partial charge in [-0.05, 0) is 95.8 Å². The summed E-state index contributed by atoms with van der Waals surface area (Å²) in [6.07, 6.45) is -9.58. The van der Waals surface area contributed by atoms with E-state index in [0.29, 0.717) is 30.5 Å². The van der Waals surface area contributed by atoms with Crippen LogP contribution in [0.1, 0.15) is 84.5 Å². The molecule has 3 aliphatic carbocycles. The van der Waals surface area contributed by atoms with Gasteiger partial charge in [-0.1, -0.05) is 31.7 Å². The zero-order valence-electron chi connectivity index (χ0n) is 34.7. The van der Waals surface area contributed by atoms with Gasteiger partial charge in [-0.3, -0.25) is 9.69 Å². The lowest BCUT2D eigenvalue weighted by Crippen LogP contribution is -2.78. The Morgan fingerprint density at radius 3 is 2.39 bits per heavy atom. The number of alkyl halides is 1. The molecule has 0 spiro atoms. The summed E-state index contributed by atoms with van der Waals surface area (Å²) in [4.78, 5) is 56.0. The van der Waals surface area contributed by atoms with Crippen LogP contribution in [0.2, 0.25) is 0 Å². The van der Waals surface area contributed by atoms with Crippen molar-refractivity contribution in [1.82, 2.24) is 10.2 Å². The van der Waals surface area contributed by atoms with E-state index in [1.807, 2.05) is 6.92 Å². The van der Waals surface area contributed by atoms with Crippen LogP contribution in [0.15, 0.2) is 53.6 Å². The van der Waals surface area contributed by atoms with Gasteiger partial charge in [-0.15, -0.1) is 0 Å². The number of likely N-dealkylation sites (tertiary alicyclic amines) is 1. The minimum atomic E-state index is -2.23. The second-order valence-electron chi connectivity index (χ2n) is 18.2. The zero-order chi connectivity index (χ0) is 42.8. The number of nitrogens with one attached hydrogen (secondary N) is 1. The average molecular weight is 829 g/mol. The van der Waals surface area contributed by atoms with Gasteiger partial charge in [0, 0.05) is 25.3 Å². The van der Waals surface area contributed by atoms with Gasteiger partial charge in [0.1, 0.15) is 41.8 Å². The molecule has 1 amide bonds. The van der Waals surface area contributed by atoms with Crippen LogP contribution < -0.4 is 5.32 Å². The maximum Gasteiger partial charge on any atom is 0.408 e. The Labute approximate surface area is 343 Å². The number of fused-ring (bicyclic) bond motifs is 8. The molecule has 3 aliphatic heterocycles. The predicted octanol–water partition coefficient (Wildman–Crippen LogP) is 3.69. The van der Waals surface area contributed by atoms with Gasteiger partial charge in [0.25, 0.3) is 0 Å². The molecular formula is C43H57FN2O13. The van der Waals surface area contributed by atoms with E-state index in [0.717, 1.165) is 26.4 Å². The summed E-state index contributed by atoms with van der Waals surface area (Å²) >= 11 is 0. The average Bonchev–Trinajstić information content (AvgIpc) is 3.55. The second-order valence-corrected chi connectivity index (χ2v) is 18.2. The number of benzene rings is 1. The molecule has 6 aliphatic rings. The number of alkyl carbamates (subject to hydrolysis) is 1. The molecule has 3 saturated heterocycles. The monoisotopic (exact) mass is 828 g/mol. The summed E-state index contributed by atoms with van der Waals surface area (Å²) in [7, 11) is 0. The van der Waals surface area contributed by atoms with Crippen LogP contribution in [0.4, 0.5) is 9.18 Å². The van der Waals surface area contributed by atoms with Crippen molar-refractivity contribution >= 4 is 24.0 Å². The van der Waals surface area contributed by atoms with E-state index in [9.17, 15) is 29.4 Å². The molecule has 5 fully saturated rings. The summed E-state index contributed by atoms with van der Waals surface area (Å²) in [6.45, 7) is 17.3. The van der Waals surface area contributed by atoms with E-state index in [4.69, 9.17) is 33.2 Å². The quantitative estimate of drug-likeness (QED) is 0.229. The van der Waals surface area contributed by atoms with E-state index in [2.05, 4.69) is 16.8 Å². The number of ether oxygens (including phenoxy) is 7. The Balaban J connectivity index is 1.34. The van der Waals surface area contributed by atoms with Gasteiger partial charge in [-0.2, -0.15) is 0 Å². The minimum Gasteiger partial charge on any atom is -0.456 e. The summed E-state index contributed by atoms with van der Waals surface area (Å²) in [6, 6.07) is 6.46. The van der Waals surface area contributed by atoms with E-state index in [-0.39, 0.29) is 17.7 Å². The smallest absolute Gasteiger partial charge is 0.408 e. The number of aliphatic hydroxyl groups excluding tert-OH is 1. The standard InChI is InChI=1S/C43H57FN2O13/c1-22-27(54-38(50)32(48)31(24(3)44)45-39(51)59-40(5,6)7)19-42(52)23(2)30(22)33-35(56-29(55-33)20-46-17-12-18-46)41(8)16-15-28-43(21-53-28,58-25(4)47)34(41)36(42)57-37(49)26-13-10-9-11-14-26/h9-11,13-14,24,27-29,31-36,48,52H,2,12,15-21H2,1,3-8H3,(H,45,51)/t24-,27-,28+,29+,31-,32+,33+,34-,35+,36-,41+,42-,43-/m0/s1. The van der Waals surface area contributed by atoms with Crippen molar-refractivity contribution in [3.05, 3.63) is 59.2 Å². The number of hydrogen-bond acceptors (Lipinski definition) is 14. The number of carbonyl (C=O) groups excluding carboxylic acids is 4. The predicted molar refractivity (Wildman–Crippen MR) is 206 cm³/mol. The lowest BCUT2D eigenvalue weighted by atomic mass is 9.48. The summed E-state index contributed by atoms with van der Waals surface area (Å²) in [5.41, 5.74) is -4.47. The van der Waals surface area contributed by atoms with Gasteiger partial charge in [0.2, 0.25) is 0 Å². The topological polar surface area (TPSA) is 189 Å². The number of halogens is 1. The Bertz CT molecular complexity index is 1860. The van der Waals surface area contributed by atoms with Crippen LogP contribution in [0.3, 0.4) is 0 Å². The first kappa shape index (κ1) is 43.2. The molecule has 13 atom stereocenters. The summed E-state index contributed by atoms with van der Waals surface area (Å²) in [5, 5.41) is 26.9. The van der Waals surface area contributed by atoms with Gasteiger partial charge < -0.3 is 48.7 Å². The lowest BCUT2D eigenvalue weighted by molar-refractivity contribution is -0.337. The molecule has 3 heterocycles. The van der Waals surface area contributed by atoms with Crippen LogP contribution in [0.25, 0.3) is 0 Å². The lowest BCUT2D eigenvalue weighted by Gasteiger charge is -2.66. The maximum absolute atomic E-state index is 15.0. The van der Waals surface area contributed by atoms with E-state index < -0.39 is 114 Å². The molecule has 324 valence electrons. The number of amides is 1. The normalized spacial score (nSPS) is 36.7. The van der Waals surface area contributed by atoms with E-state index in [1.165, 1.54) is 6.92 Å². The van der Waals surface area contributed by atoms with Crippen LogP contribution in [0.5, 0.6) is 0 Å². The number of carbonyl (C=O) groups is 4. The first-order chi connectivity index (χ1) is 27.7. The molecular weight excluding hydrogens is 771 g/mol. The molecule has 3 N–H and O–H groups in total. The van der Waals surface area contributed by atoms with Crippen molar-refractivity contribution in [2.45, 2.75) is 146 Å². The van der Waals surface area contributed by atoms with Crippen molar-refractivity contribution in [2.75, 3.05) is 26.2 Å². The third-order valence-electron chi connectivity index (χ3n) is 13.0. The molecule has 16 heteroatoms. The molecule has 2 saturated carbocycles. The van der Waals surface area contributed by atoms with Gasteiger partial charge in [0.05, 0.1) is 30.2 Å². The fraction of sp³-hybridized carbons (Fsp3) is 0.674. The highest BCUT2D eigenvalue weighted by molar-refractivity contribution is 5.89. The highest BCUT2D eigenvalue weighted by Crippen LogP contribution is 2.64. The molecule has 0 radical (unpaired) electrons. The Hall–Kier alpha value is -3.93. The zero-order valence-corrected chi connectivity index (χ0v) is 34.7. The van der Waals surface area contributed by atoms with Crippen LogP contribution in [-0.4, -0.2) is 137 Å². The molecule has 1 aromatic rings. The van der Waals surface area contributed by atoms with Crippen LogP contribution in [-0.2, 0) is 42.7 Å². The Kier molecular flexibility index (Phi) is 11.6. The summed E-state index contributed by atoms with van der Waals surface area (Å²) in [5.74, 6) is -3.67. The second kappa shape index (κ2) is 15.8. The van der Waals surface area contributed by atoms with Crippen LogP contribution in [0, 0.1) is 11.3 Å². The van der Waals surface area contributed by atoms with Gasteiger partial charge >= 0.3 is 24.0 Å². The SMILES string of the molecule is C=C1C2=C(C)[C@@H](OC(=O)[C@H](O)[C@@H](NC(=O)OC(C)(C)C)[C@H](C)F)C[C@@]1(O)[C@@H](OC(=O)c1ccccc1)[C@H]1[C@@](C)(CC[C@H]3OC[C@]31OC(C)=O)[C@@H]1O[C@H](CN3CCC3)O[C@H]21. The number of nitrogens with zero attached hydrogens (tertiary/aromatic N) is 1. The number of hydrogen-bond donors (Lipinski definition) is 3. The Morgan fingerprint density at radius 1 is 1.12 bits per heavy atom. The number of rotatable bonds is 10. The number of aliphatic hydroxyl groups is 2. The first-order valence-corrected chi connectivity index (χ1v) is 20.4. The third kappa shape index (κ3) is 7.80. The first-order valence-electron chi connectivity index (χ1n) is 20.4. The Morgan fingerprint density at radius 2 is 1.81 bits per heavy atom. The minimum absolute atomic E-state index is 0.0608. The van der Waals surface area contributed by atoms with Crippen molar-refractivity contribution in [3.8, 4) is 0 Å². The summed E-state index contributed by atoms with van der Waals surface area (Å²) < 4.78 is 58.7. The maximum atomic E-state index is 15.0. The van der Waals surface area contributed by atoms with Gasteiger partial charge in [-0.25, -0.2) is 18.8 Å². The number of esters is 3. The highest BCUT2D eigenvalue weighted by Gasteiger charge is 2.75.